The molecule has 1 aliphatic carbocycles. The highest BCUT2D eigenvalue weighted by atomic mass is 35.5. The summed E-state index contributed by atoms with van der Waals surface area (Å²) in [5, 5.41) is 12.3. The molecule has 0 aromatic carbocycles. The number of aliphatic hydroxyl groups is 1. The van der Waals surface area contributed by atoms with Crippen LogP contribution in [-0.2, 0) is 0 Å². The average Bonchev–Trinajstić information content (AvgIpc) is 2.87. The van der Waals surface area contributed by atoms with Crippen LogP contribution in [0, 0.1) is 5.92 Å². The number of amides is 1. The quantitative estimate of drug-likeness (QED) is 0.698. The van der Waals surface area contributed by atoms with Crippen molar-refractivity contribution in [1.29, 1.82) is 0 Å². The van der Waals surface area contributed by atoms with E-state index in [1.54, 1.807) is 12.3 Å². The molecule has 86 valence electrons. The zero-order chi connectivity index (χ0) is 11.5. The SMILES string of the molecule is O=C(N[C@@H]1C=C[C@H](CO)C1)c1cc(Cl)c[nH]1. The molecule has 0 bridgehead atoms. The van der Waals surface area contributed by atoms with E-state index < -0.39 is 0 Å². The molecule has 0 spiro atoms. The molecule has 0 radical (unpaired) electrons. The van der Waals surface area contributed by atoms with Gasteiger partial charge in [0.05, 0.1) is 5.02 Å². The molecule has 1 aromatic heterocycles. The van der Waals surface area contributed by atoms with Gasteiger partial charge in [-0.1, -0.05) is 23.8 Å². The Labute approximate surface area is 98.3 Å². The number of nitrogens with one attached hydrogen (secondary N) is 2. The van der Waals surface area contributed by atoms with Gasteiger partial charge in [0, 0.05) is 24.8 Å². The van der Waals surface area contributed by atoms with Gasteiger partial charge in [0.1, 0.15) is 5.69 Å². The van der Waals surface area contributed by atoms with Crippen LogP contribution in [0.5, 0.6) is 0 Å². The minimum absolute atomic E-state index is 0.00766. The van der Waals surface area contributed by atoms with E-state index in [1.807, 2.05) is 12.2 Å². The highest BCUT2D eigenvalue weighted by Crippen LogP contribution is 2.17. The fourth-order valence-corrected chi connectivity index (χ4v) is 1.93. The summed E-state index contributed by atoms with van der Waals surface area (Å²) in [4.78, 5) is 14.5. The topological polar surface area (TPSA) is 65.1 Å². The van der Waals surface area contributed by atoms with Crippen molar-refractivity contribution in [3.8, 4) is 0 Å². The van der Waals surface area contributed by atoms with Crippen molar-refractivity contribution in [2.24, 2.45) is 5.92 Å². The number of aromatic nitrogens is 1. The smallest absolute Gasteiger partial charge is 0.268 e. The number of aliphatic hydroxyl groups excluding tert-OH is 1. The van der Waals surface area contributed by atoms with Crippen molar-refractivity contribution in [2.45, 2.75) is 12.5 Å². The zero-order valence-electron chi connectivity index (χ0n) is 8.61. The van der Waals surface area contributed by atoms with E-state index in [9.17, 15) is 4.79 Å². The van der Waals surface area contributed by atoms with Crippen LogP contribution in [0.25, 0.3) is 0 Å². The van der Waals surface area contributed by atoms with Gasteiger partial charge in [-0.15, -0.1) is 0 Å². The second-order valence-corrected chi connectivity index (χ2v) is 4.31. The highest BCUT2D eigenvalue weighted by Gasteiger charge is 2.20. The Morgan fingerprint density at radius 2 is 2.44 bits per heavy atom. The van der Waals surface area contributed by atoms with Crippen LogP contribution in [0.15, 0.2) is 24.4 Å². The number of carbonyl (C=O) groups excluding carboxylic acids is 1. The molecule has 0 unspecified atom stereocenters. The van der Waals surface area contributed by atoms with Crippen LogP contribution < -0.4 is 5.32 Å². The van der Waals surface area contributed by atoms with Gasteiger partial charge in [0.2, 0.25) is 0 Å². The zero-order valence-corrected chi connectivity index (χ0v) is 9.37. The second kappa shape index (κ2) is 4.72. The first kappa shape index (κ1) is 11.2. The summed E-state index contributed by atoms with van der Waals surface area (Å²) in [5.74, 6) is -0.0299. The summed E-state index contributed by atoms with van der Waals surface area (Å²) < 4.78 is 0. The number of carbonyl (C=O) groups is 1. The summed E-state index contributed by atoms with van der Waals surface area (Å²) in [6, 6.07) is 1.57. The fourth-order valence-electron chi connectivity index (χ4n) is 1.76. The third-order valence-electron chi connectivity index (χ3n) is 2.62. The third-order valence-corrected chi connectivity index (χ3v) is 2.83. The van der Waals surface area contributed by atoms with Crippen LogP contribution in [-0.4, -0.2) is 28.6 Å². The number of rotatable bonds is 3. The molecular weight excluding hydrogens is 228 g/mol. The molecular formula is C11H13ClN2O2. The van der Waals surface area contributed by atoms with Crippen LogP contribution >= 0.6 is 11.6 Å². The van der Waals surface area contributed by atoms with Gasteiger partial charge >= 0.3 is 0 Å². The normalized spacial score (nSPS) is 23.6. The minimum Gasteiger partial charge on any atom is -0.396 e. The monoisotopic (exact) mass is 240 g/mol. The molecule has 16 heavy (non-hydrogen) atoms. The lowest BCUT2D eigenvalue weighted by atomic mass is 10.1. The standard InChI is InChI=1S/C11H13ClN2O2/c12-8-4-10(13-5-8)11(16)14-9-2-1-7(3-9)6-15/h1-2,4-5,7,9,13,15H,3,6H2,(H,14,16)/t7-,9+/m0/s1. The lowest BCUT2D eigenvalue weighted by Gasteiger charge is -2.11. The van der Waals surface area contributed by atoms with E-state index in [1.165, 1.54) is 0 Å². The van der Waals surface area contributed by atoms with Gasteiger partial charge in [-0.25, -0.2) is 0 Å². The van der Waals surface area contributed by atoms with Crippen molar-refractivity contribution in [3.05, 3.63) is 35.1 Å². The molecule has 0 aliphatic heterocycles. The first-order chi connectivity index (χ1) is 7.69. The van der Waals surface area contributed by atoms with E-state index in [4.69, 9.17) is 16.7 Å². The van der Waals surface area contributed by atoms with Crippen molar-refractivity contribution >= 4 is 17.5 Å². The number of hydrogen-bond donors (Lipinski definition) is 3. The van der Waals surface area contributed by atoms with Gasteiger partial charge in [-0.05, 0) is 12.5 Å². The second-order valence-electron chi connectivity index (χ2n) is 3.87. The Hall–Kier alpha value is -1.26. The average molecular weight is 241 g/mol. The maximum absolute atomic E-state index is 11.7. The summed E-state index contributed by atoms with van der Waals surface area (Å²) in [6.45, 7) is 0.122. The molecule has 2 atom stereocenters. The van der Waals surface area contributed by atoms with Crippen molar-refractivity contribution in [1.82, 2.24) is 10.3 Å². The van der Waals surface area contributed by atoms with E-state index in [2.05, 4.69) is 10.3 Å². The Kier molecular flexibility index (Phi) is 3.31. The Bertz CT molecular complexity index is 414. The van der Waals surface area contributed by atoms with Crippen LogP contribution in [0.1, 0.15) is 16.9 Å². The molecule has 1 aromatic rings. The third kappa shape index (κ3) is 2.46. The Balaban J connectivity index is 1.92. The highest BCUT2D eigenvalue weighted by molar-refractivity contribution is 6.30. The number of halogens is 1. The molecule has 0 saturated heterocycles. The molecule has 4 nitrogen and oxygen atoms in total. The fraction of sp³-hybridized carbons (Fsp3) is 0.364. The van der Waals surface area contributed by atoms with E-state index in [0.29, 0.717) is 10.7 Å². The molecule has 2 rings (SSSR count). The molecule has 1 amide bonds. The van der Waals surface area contributed by atoms with E-state index in [-0.39, 0.29) is 24.5 Å². The van der Waals surface area contributed by atoms with Gasteiger partial charge in [0.15, 0.2) is 0 Å². The Morgan fingerprint density at radius 1 is 1.62 bits per heavy atom. The van der Waals surface area contributed by atoms with E-state index >= 15 is 0 Å². The number of hydrogen-bond acceptors (Lipinski definition) is 2. The summed E-state index contributed by atoms with van der Waals surface area (Å²) >= 11 is 5.71. The first-order valence-corrected chi connectivity index (χ1v) is 5.51. The van der Waals surface area contributed by atoms with Crippen molar-refractivity contribution in [3.63, 3.8) is 0 Å². The van der Waals surface area contributed by atoms with Crippen LogP contribution in [0.2, 0.25) is 5.02 Å². The van der Waals surface area contributed by atoms with Crippen LogP contribution in [0.4, 0.5) is 0 Å². The van der Waals surface area contributed by atoms with Crippen molar-refractivity contribution in [2.75, 3.05) is 6.61 Å². The largest absolute Gasteiger partial charge is 0.396 e. The van der Waals surface area contributed by atoms with E-state index in [0.717, 1.165) is 6.42 Å². The predicted molar refractivity (Wildman–Crippen MR) is 61.4 cm³/mol. The first-order valence-electron chi connectivity index (χ1n) is 5.13. The maximum atomic E-state index is 11.7. The lowest BCUT2D eigenvalue weighted by molar-refractivity contribution is 0.0936. The van der Waals surface area contributed by atoms with Gasteiger partial charge in [-0.3, -0.25) is 4.79 Å². The Morgan fingerprint density at radius 3 is 3.00 bits per heavy atom. The van der Waals surface area contributed by atoms with Gasteiger partial charge in [0.25, 0.3) is 5.91 Å². The van der Waals surface area contributed by atoms with Crippen molar-refractivity contribution < 1.29 is 9.90 Å². The predicted octanol–water partition coefficient (Wildman–Crippen LogP) is 1.33. The lowest BCUT2D eigenvalue weighted by Crippen LogP contribution is -2.33. The number of aromatic amines is 1. The number of H-pyrrole nitrogens is 1. The summed E-state index contributed by atoms with van der Waals surface area (Å²) in [6.07, 6.45) is 6.14. The molecule has 1 heterocycles. The molecule has 0 saturated carbocycles. The molecule has 3 N–H and O–H groups in total. The maximum Gasteiger partial charge on any atom is 0.268 e. The minimum atomic E-state index is -0.180. The van der Waals surface area contributed by atoms with Gasteiger partial charge < -0.3 is 15.4 Å². The van der Waals surface area contributed by atoms with Crippen LogP contribution in [0.3, 0.4) is 0 Å². The summed E-state index contributed by atoms with van der Waals surface area (Å²) in [5.41, 5.74) is 0.450. The molecule has 0 fully saturated rings. The molecule has 5 heteroatoms. The summed E-state index contributed by atoms with van der Waals surface area (Å²) in [7, 11) is 0. The molecule has 1 aliphatic rings. The van der Waals surface area contributed by atoms with Gasteiger partial charge in [-0.2, -0.15) is 0 Å².